The van der Waals surface area contributed by atoms with Gasteiger partial charge < -0.3 is 10.3 Å². The predicted molar refractivity (Wildman–Crippen MR) is 79.7 cm³/mol. The fourth-order valence-corrected chi connectivity index (χ4v) is 3.29. The van der Waals surface area contributed by atoms with Crippen molar-refractivity contribution >= 4 is 39.3 Å². The van der Waals surface area contributed by atoms with E-state index in [0.717, 1.165) is 39.2 Å². The lowest BCUT2D eigenvalue weighted by atomic mass is 10.3. The molecule has 5 nitrogen and oxygen atoms in total. The Balaban J connectivity index is 1.73. The van der Waals surface area contributed by atoms with E-state index in [4.69, 9.17) is 0 Å². The number of H-pyrrole nitrogens is 1. The number of anilines is 1. The van der Waals surface area contributed by atoms with Gasteiger partial charge in [0, 0.05) is 23.8 Å². The summed E-state index contributed by atoms with van der Waals surface area (Å²) in [7, 11) is 0. The van der Waals surface area contributed by atoms with E-state index in [0.29, 0.717) is 0 Å². The van der Waals surface area contributed by atoms with Gasteiger partial charge in [-0.2, -0.15) is 0 Å². The molecule has 19 heavy (non-hydrogen) atoms. The largest absolute Gasteiger partial charge is 0.374 e. The van der Waals surface area contributed by atoms with Crippen molar-refractivity contribution in [1.29, 1.82) is 0 Å². The molecule has 0 spiro atoms. The highest BCUT2D eigenvalue weighted by Gasteiger charge is 2.09. The number of benzene rings is 1. The molecule has 0 bridgehead atoms. The monoisotopic (exact) mass is 291 g/mol. The summed E-state index contributed by atoms with van der Waals surface area (Å²) in [6, 6.07) is 8.03. The zero-order valence-corrected chi connectivity index (χ0v) is 12.0. The fourth-order valence-electron chi connectivity index (χ4n) is 1.73. The molecule has 1 aromatic carbocycles. The molecule has 0 aliphatic heterocycles. The molecule has 0 aliphatic rings. The van der Waals surface area contributed by atoms with Gasteiger partial charge in [-0.15, -0.1) is 5.10 Å². The Labute approximate surface area is 119 Å². The van der Waals surface area contributed by atoms with Gasteiger partial charge in [0.1, 0.15) is 10.7 Å². The summed E-state index contributed by atoms with van der Waals surface area (Å²) in [5, 5.41) is 9.38. The Morgan fingerprint density at radius 3 is 3.11 bits per heavy atom. The van der Waals surface area contributed by atoms with Crippen molar-refractivity contribution in [3.8, 4) is 0 Å². The summed E-state index contributed by atoms with van der Waals surface area (Å²) >= 11 is 3.04. The number of thioether (sulfide) groups is 1. The predicted octanol–water partition coefficient (Wildman–Crippen LogP) is 3.14. The van der Waals surface area contributed by atoms with Crippen LogP contribution in [-0.4, -0.2) is 26.1 Å². The van der Waals surface area contributed by atoms with Crippen LogP contribution in [0.25, 0.3) is 11.0 Å². The molecule has 2 heterocycles. The zero-order chi connectivity index (χ0) is 13.1. The quantitative estimate of drug-likeness (QED) is 0.707. The SMILES string of the molecule is CCNc1snnc1CSc1nc2ccccc2[nH]1. The number of hydrogen-bond donors (Lipinski definition) is 2. The van der Waals surface area contributed by atoms with Crippen molar-refractivity contribution in [2.75, 3.05) is 11.9 Å². The van der Waals surface area contributed by atoms with Gasteiger partial charge in [0.25, 0.3) is 0 Å². The summed E-state index contributed by atoms with van der Waals surface area (Å²) in [5.41, 5.74) is 3.04. The minimum Gasteiger partial charge on any atom is -0.374 e. The molecule has 2 N–H and O–H groups in total. The number of aromatic nitrogens is 4. The lowest BCUT2D eigenvalue weighted by Crippen LogP contribution is -1.97. The molecule has 0 atom stereocenters. The first-order chi connectivity index (χ1) is 9.36. The second kappa shape index (κ2) is 5.58. The van der Waals surface area contributed by atoms with Crippen LogP contribution in [0.4, 0.5) is 5.00 Å². The van der Waals surface area contributed by atoms with E-state index in [1.165, 1.54) is 11.5 Å². The molecule has 0 fully saturated rings. The first-order valence-electron chi connectivity index (χ1n) is 5.99. The number of fused-ring (bicyclic) bond motifs is 1. The maximum absolute atomic E-state index is 4.53. The average molecular weight is 291 g/mol. The second-order valence-electron chi connectivity index (χ2n) is 3.93. The van der Waals surface area contributed by atoms with Crippen LogP contribution in [-0.2, 0) is 5.75 Å². The summed E-state index contributed by atoms with van der Waals surface area (Å²) in [5.74, 6) is 0.763. The van der Waals surface area contributed by atoms with Crippen molar-refractivity contribution in [3.63, 3.8) is 0 Å². The van der Waals surface area contributed by atoms with Crippen molar-refractivity contribution < 1.29 is 0 Å². The van der Waals surface area contributed by atoms with Crippen LogP contribution in [0.5, 0.6) is 0 Å². The molecular weight excluding hydrogens is 278 g/mol. The van der Waals surface area contributed by atoms with E-state index < -0.39 is 0 Å². The molecule has 3 aromatic rings. The van der Waals surface area contributed by atoms with Crippen LogP contribution in [0.15, 0.2) is 29.4 Å². The highest BCUT2D eigenvalue weighted by Crippen LogP contribution is 2.26. The van der Waals surface area contributed by atoms with E-state index in [1.54, 1.807) is 11.8 Å². The number of hydrogen-bond acceptors (Lipinski definition) is 6. The fraction of sp³-hybridized carbons (Fsp3) is 0.250. The van der Waals surface area contributed by atoms with Crippen LogP contribution in [0.1, 0.15) is 12.6 Å². The number of nitrogens with zero attached hydrogens (tertiary/aromatic N) is 3. The summed E-state index contributed by atoms with van der Waals surface area (Å²) in [6.07, 6.45) is 0. The Morgan fingerprint density at radius 1 is 1.37 bits per heavy atom. The van der Waals surface area contributed by atoms with Gasteiger partial charge in [-0.25, -0.2) is 4.98 Å². The molecule has 98 valence electrons. The molecule has 0 unspecified atom stereocenters. The normalized spacial score (nSPS) is 11.0. The first kappa shape index (κ1) is 12.4. The maximum Gasteiger partial charge on any atom is 0.166 e. The van der Waals surface area contributed by atoms with E-state index >= 15 is 0 Å². The lowest BCUT2D eigenvalue weighted by molar-refractivity contribution is 1.05. The molecule has 0 radical (unpaired) electrons. The number of para-hydroxylation sites is 2. The second-order valence-corrected chi connectivity index (χ2v) is 5.65. The third-order valence-corrected chi connectivity index (χ3v) is 4.22. The molecule has 7 heteroatoms. The third-order valence-electron chi connectivity index (χ3n) is 2.61. The van der Waals surface area contributed by atoms with Gasteiger partial charge in [-0.05, 0) is 19.1 Å². The summed E-state index contributed by atoms with van der Waals surface area (Å²) in [4.78, 5) is 7.83. The molecule has 0 saturated carbocycles. The van der Waals surface area contributed by atoms with Crippen molar-refractivity contribution in [3.05, 3.63) is 30.0 Å². The van der Waals surface area contributed by atoms with Crippen molar-refractivity contribution in [1.82, 2.24) is 19.6 Å². The summed E-state index contributed by atoms with van der Waals surface area (Å²) in [6.45, 7) is 2.95. The highest BCUT2D eigenvalue weighted by molar-refractivity contribution is 7.98. The number of nitrogens with one attached hydrogen (secondary N) is 2. The van der Waals surface area contributed by atoms with E-state index in [2.05, 4.69) is 31.8 Å². The van der Waals surface area contributed by atoms with Gasteiger partial charge in [0.2, 0.25) is 0 Å². The van der Waals surface area contributed by atoms with Crippen LogP contribution < -0.4 is 5.32 Å². The number of aromatic amines is 1. The molecular formula is C12H13N5S2. The molecule has 3 rings (SSSR count). The minimum absolute atomic E-state index is 0.763. The Morgan fingerprint density at radius 2 is 2.26 bits per heavy atom. The number of imidazole rings is 1. The van der Waals surface area contributed by atoms with Crippen LogP contribution in [0.3, 0.4) is 0 Å². The maximum atomic E-state index is 4.53. The van der Waals surface area contributed by atoms with Gasteiger partial charge >= 0.3 is 0 Å². The molecule has 0 saturated heterocycles. The summed E-state index contributed by atoms with van der Waals surface area (Å²) < 4.78 is 3.98. The molecule has 0 amide bonds. The lowest BCUT2D eigenvalue weighted by Gasteiger charge is -2.00. The van der Waals surface area contributed by atoms with Gasteiger partial charge in [0.15, 0.2) is 5.16 Å². The van der Waals surface area contributed by atoms with E-state index in [-0.39, 0.29) is 0 Å². The van der Waals surface area contributed by atoms with Gasteiger partial charge in [-0.1, -0.05) is 28.4 Å². The Kier molecular flexibility index (Phi) is 3.65. The smallest absolute Gasteiger partial charge is 0.166 e. The molecule has 2 aromatic heterocycles. The molecule has 0 aliphatic carbocycles. The standard InChI is InChI=1S/C12H13N5S2/c1-2-13-11-10(16-17-19-11)7-18-12-14-8-5-3-4-6-9(8)15-12/h3-6,13H,2,7H2,1H3,(H,14,15). The first-order valence-corrected chi connectivity index (χ1v) is 7.75. The van der Waals surface area contributed by atoms with Crippen molar-refractivity contribution in [2.24, 2.45) is 0 Å². The van der Waals surface area contributed by atoms with Crippen LogP contribution in [0, 0.1) is 0 Å². The van der Waals surface area contributed by atoms with Gasteiger partial charge in [-0.3, -0.25) is 0 Å². The average Bonchev–Trinajstić information content (AvgIpc) is 3.02. The highest BCUT2D eigenvalue weighted by atomic mass is 32.2. The van der Waals surface area contributed by atoms with Gasteiger partial charge in [0.05, 0.1) is 11.0 Å². The van der Waals surface area contributed by atoms with E-state index in [1.807, 2.05) is 24.3 Å². The topological polar surface area (TPSA) is 66.5 Å². The van der Waals surface area contributed by atoms with Crippen LogP contribution in [0.2, 0.25) is 0 Å². The minimum atomic E-state index is 0.763. The number of rotatable bonds is 5. The van der Waals surface area contributed by atoms with Crippen molar-refractivity contribution in [2.45, 2.75) is 17.8 Å². The Bertz CT molecular complexity index is 642. The van der Waals surface area contributed by atoms with Crippen LogP contribution >= 0.6 is 23.3 Å². The van der Waals surface area contributed by atoms with E-state index in [9.17, 15) is 0 Å². The third kappa shape index (κ3) is 2.71. The Hall–Kier alpha value is -1.60. The zero-order valence-electron chi connectivity index (χ0n) is 10.4.